The van der Waals surface area contributed by atoms with Gasteiger partial charge in [-0.3, -0.25) is 0 Å². The van der Waals surface area contributed by atoms with Crippen LogP contribution in [0, 0.1) is 0 Å². The second-order valence-electron chi connectivity index (χ2n) is 8.12. The lowest BCUT2D eigenvalue weighted by Gasteiger charge is -2.25. The summed E-state index contributed by atoms with van der Waals surface area (Å²) in [6, 6.07) is 10.3. The molecule has 1 aromatic rings. The summed E-state index contributed by atoms with van der Waals surface area (Å²) in [4.78, 5) is 0. The number of hydrogen-bond donors (Lipinski definition) is 0. The van der Waals surface area contributed by atoms with Gasteiger partial charge >= 0.3 is 0 Å². The van der Waals surface area contributed by atoms with Gasteiger partial charge in [-0.15, -0.1) is 0 Å². The molecule has 1 aromatic carbocycles. The first-order valence-electron chi connectivity index (χ1n) is 11.4. The van der Waals surface area contributed by atoms with E-state index in [0.29, 0.717) is 38.6 Å². The van der Waals surface area contributed by atoms with Crippen molar-refractivity contribution >= 4 is 0 Å². The van der Waals surface area contributed by atoms with Crippen LogP contribution in [0.25, 0.3) is 0 Å². The smallest absolute Gasteiger partial charge is 0.104 e. The summed E-state index contributed by atoms with van der Waals surface area (Å²) in [5.41, 5.74) is 1.18. The molecular weight excluding hydrogens is 368 g/mol. The highest BCUT2D eigenvalue weighted by molar-refractivity contribution is 5.13. The van der Waals surface area contributed by atoms with Crippen LogP contribution < -0.4 is 0 Å². The van der Waals surface area contributed by atoms with Gasteiger partial charge in [-0.05, 0) is 56.9 Å². The van der Waals surface area contributed by atoms with E-state index in [1.807, 2.05) is 18.2 Å². The van der Waals surface area contributed by atoms with E-state index in [4.69, 9.17) is 23.7 Å². The standard InChI is InChI=1S/C24H38O5/c1-2-8-21(9-3-1)18-26-20-24(29-17-13-23-11-5-7-15-28-23)19-25-16-12-22-10-4-6-14-27-22/h1-3,8-9,22-24H,4-7,10-20H2/t22?,23?,24-/m1/s1. The van der Waals surface area contributed by atoms with Gasteiger partial charge in [0.2, 0.25) is 0 Å². The molecule has 3 rings (SSSR count). The lowest BCUT2D eigenvalue weighted by Crippen LogP contribution is -2.29. The Hall–Kier alpha value is -0.980. The van der Waals surface area contributed by atoms with Gasteiger partial charge in [0.05, 0.1) is 32.0 Å². The molecule has 2 fully saturated rings. The third kappa shape index (κ3) is 9.58. The Morgan fingerprint density at radius 2 is 1.45 bits per heavy atom. The van der Waals surface area contributed by atoms with E-state index in [1.54, 1.807) is 0 Å². The quantitative estimate of drug-likeness (QED) is 0.451. The van der Waals surface area contributed by atoms with Crippen molar-refractivity contribution in [1.82, 2.24) is 0 Å². The van der Waals surface area contributed by atoms with Crippen LogP contribution in [0.1, 0.15) is 56.9 Å². The van der Waals surface area contributed by atoms with Gasteiger partial charge in [0.25, 0.3) is 0 Å². The highest BCUT2D eigenvalue weighted by Crippen LogP contribution is 2.17. The summed E-state index contributed by atoms with van der Waals surface area (Å²) in [6.07, 6.45) is 9.80. The Morgan fingerprint density at radius 1 is 0.793 bits per heavy atom. The molecule has 0 aliphatic carbocycles. The minimum Gasteiger partial charge on any atom is -0.379 e. The van der Waals surface area contributed by atoms with Crippen molar-refractivity contribution in [2.24, 2.45) is 0 Å². The third-order valence-electron chi connectivity index (χ3n) is 5.64. The van der Waals surface area contributed by atoms with Crippen LogP contribution in [0.4, 0.5) is 0 Å². The Bertz CT molecular complexity index is 511. The average molecular weight is 407 g/mol. The van der Waals surface area contributed by atoms with E-state index in [0.717, 1.165) is 45.5 Å². The van der Waals surface area contributed by atoms with Crippen molar-refractivity contribution in [3.8, 4) is 0 Å². The molecule has 164 valence electrons. The fraction of sp³-hybridized carbons (Fsp3) is 0.750. The highest BCUT2D eigenvalue weighted by Gasteiger charge is 2.17. The molecule has 0 bridgehead atoms. The van der Waals surface area contributed by atoms with Crippen LogP contribution in [-0.2, 0) is 30.3 Å². The summed E-state index contributed by atoms with van der Waals surface area (Å²) in [5, 5.41) is 0. The van der Waals surface area contributed by atoms with Crippen LogP contribution in [0.15, 0.2) is 30.3 Å². The largest absolute Gasteiger partial charge is 0.379 e. The van der Waals surface area contributed by atoms with Crippen molar-refractivity contribution in [3.05, 3.63) is 35.9 Å². The maximum absolute atomic E-state index is 6.11. The maximum Gasteiger partial charge on any atom is 0.104 e. The topological polar surface area (TPSA) is 46.2 Å². The zero-order chi connectivity index (χ0) is 20.0. The summed E-state index contributed by atoms with van der Waals surface area (Å²) in [5.74, 6) is 0. The van der Waals surface area contributed by atoms with Crippen molar-refractivity contribution in [2.75, 3.05) is 39.6 Å². The summed E-state index contributed by atoms with van der Waals surface area (Å²) < 4.78 is 29.5. The molecule has 2 aliphatic heterocycles. The molecule has 0 saturated carbocycles. The highest BCUT2D eigenvalue weighted by atomic mass is 16.6. The summed E-state index contributed by atoms with van der Waals surface area (Å²) in [7, 11) is 0. The zero-order valence-electron chi connectivity index (χ0n) is 17.8. The molecule has 5 nitrogen and oxygen atoms in total. The SMILES string of the molecule is c1ccc(COC[C@@H](COCCC2CCCCO2)OCCC2CCCCO2)cc1. The molecule has 2 unspecified atom stereocenters. The maximum atomic E-state index is 6.11. The van der Waals surface area contributed by atoms with Crippen LogP contribution >= 0.6 is 0 Å². The molecule has 0 spiro atoms. The number of benzene rings is 1. The van der Waals surface area contributed by atoms with E-state index >= 15 is 0 Å². The van der Waals surface area contributed by atoms with Crippen molar-refractivity contribution in [3.63, 3.8) is 0 Å². The molecule has 2 heterocycles. The lowest BCUT2D eigenvalue weighted by molar-refractivity contribution is -0.0816. The molecular formula is C24H38O5. The molecule has 5 heteroatoms. The van der Waals surface area contributed by atoms with Crippen molar-refractivity contribution in [1.29, 1.82) is 0 Å². The molecule has 0 radical (unpaired) electrons. The van der Waals surface area contributed by atoms with Crippen molar-refractivity contribution in [2.45, 2.75) is 76.3 Å². The third-order valence-corrected chi connectivity index (χ3v) is 5.64. The Kier molecular flexibility index (Phi) is 11.0. The van der Waals surface area contributed by atoms with E-state index in [-0.39, 0.29) is 6.10 Å². The van der Waals surface area contributed by atoms with Crippen LogP contribution in [0.2, 0.25) is 0 Å². The van der Waals surface area contributed by atoms with Gasteiger partial charge < -0.3 is 23.7 Å². The molecule has 2 saturated heterocycles. The fourth-order valence-corrected chi connectivity index (χ4v) is 3.89. The van der Waals surface area contributed by atoms with E-state index in [2.05, 4.69) is 12.1 Å². The molecule has 3 atom stereocenters. The Balaban J connectivity index is 1.34. The monoisotopic (exact) mass is 406 g/mol. The average Bonchev–Trinajstić information content (AvgIpc) is 2.78. The molecule has 0 aromatic heterocycles. The van der Waals surface area contributed by atoms with E-state index < -0.39 is 0 Å². The number of ether oxygens (including phenoxy) is 5. The predicted octanol–water partition coefficient (Wildman–Crippen LogP) is 4.52. The molecule has 0 N–H and O–H groups in total. The van der Waals surface area contributed by atoms with E-state index in [9.17, 15) is 0 Å². The first-order valence-corrected chi connectivity index (χ1v) is 11.4. The first kappa shape index (κ1) is 22.7. The fourth-order valence-electron chi connectivity index (χ4n) is 3.89. The van der Waals surface area contributed by atoms with Gasteiger partial charge in [-0.25, -0.2) is 0 Å². The lowest BCUT2D eigenvalue weighted by atomic mass is 10.1. The summed E-state index contributed by atoms with van der Waals surface area (Å²) in [6.45, 7) is 4.90. The molecule has 29 heavy (non-hydrogen) atoms. The first-order chi connectivity index (χ1) is 14.4. The van der Waals surface area contributed by atoms with E-state index in [1.165, 1.54) is 31.2 Å². The second kappa shape index (κ2) is 14.1. The molecule has 2 aliphatic rings. The number of rotatable bonds is 13. The van der Waals surface area contributed by atoms with Gasteiger partial charge in [0.15, 0.2) is 0 Å². The minimum absolute atomic E-state index is 0.0467. The van der Waals surface area contributed by atoms with Gasteiger partial charge in [0, 0.05) is 26.4 Å². The summed E-state index contributed by atoms with van der Waals surface area (Å²) >= 11 is 0. The van der Waals surface area contributed by atoms with Gasteiger partial charge in [-0.1, -0.05) is 30.3 Å². The van der Waals surface area contributed by atoms with Gasteiger partial charge in [0.1, 0.15) is 6.10 Å². The van der Waals surface area contributed by atoms with Crippen LogP contribution in [0.3, 0.4) is 0 Å². The van der Waals surface area contributed by atoms with Crippen LogP contribution in [-0.4, -0.2) is 58.0 Å². The normalized spacial score (nSPS) is 23.7. The van der Waals surface area contributed by atoms with Crippen molar-refractivity contribution < 1.29 is 23.7 Å². The predicted molar refractivity (Wildman–Crippen MR) is 113 cm³/mol. The minimum atomic E-state index is -0.0467. The Morgan fingerprint density at radius 3 is 2.10 bits per heavy atom. The zero-order valence-corrected chi connectivity index (χ0v) is 17.8. The Labute approximate surface area is 176 Å². The van der Waals surface area contributed by atoms with Crippen LogP contribution in [0.5, 0.6) is 0 Å². The van der Waals surface area contributed by atoms with Gasteiger partial charge in [-0.2, -0.15) is 0 Å². The number of hydrogen-bond acceptors (Lipinski definition) is 5. The second-order valence-corrected chi connectivity index (χ2v) is 8.12. The molecule has 0 amide bonds.